The van der Waals surface area contributed by atoms with Crippen LogP contribution in [0.1, 0.15) is 51.4 Å². The highest BCUT2D eigenvalue weighted by Crippen LogP contribution is 2.65. The number of aryl methyl sites for hydroxylation is 1. The van der Waals surface area contributed by atoms with Gasteiger partial charge in [-0.1, -0.05) is 26.8 Å². The highest BCUT2D eigenvalue weighted by atomic mass is 15.0. The molecular formula is C17H26N2. The summed E-state index contributed by atoms with van der Waals surface area (Å²) in [4.78, 5) is 4.59. The van der Waals surface area contributed by atoms with E-state index < -0.39 is 0 Å². The second-order valence-corrected chi connectivity index (χ2v) is 7.31. The van der Waals surface area contributed by atoms with Crippen LogP contribution >= 0.6 is 0 Å². The molecule has 2 bridgehead atoms. The first-order valence-corrected chi connectivity index (χ1v) is 7.59. The Morgan fingerprint density at radius 2 is 2.11 bits per heavy atom. The van der Waals surface area contributed by atoms with Crippen LogP contribution in [0.15, 0.2) is 18.2 Å². The van der Waals surface area contributed by atoms with Gasteiger partial charge in [-0.2, -0.15) is 0 Å². The number of aromatic nitrogens is 1. The summed E-state index contributed by atoms with van der Waals surface area (Å²) in [6.45, 7) is 10.4. The Morgan fingerprint density at radius 1 is 1.32 bits per heavy atom. The molecule has 0 radical (unpaired) electrons. The van der Waals surface area contributed by atoms with Crippen LogP contribution in [0.2, 0.25) is 0 Å². The molecule has 2 nitrogen and oxygen atoms in total. The van der Waals surface area contributed by atoms with Gasteiger partial charge in [-0.05, 0) is 55.1 Å². The van der Waals surface area contributed by atoms with Crippen LogP contribution in [-0.4, -0.2) is 11.0 Å². The van der Waals surface area contributed by atoms with Gasteiger partial charge in [-0.15, -0.1) is 0 Å². The summed E-state index contributed by atoms with van der Waals surface area (Å²) >= 11 is 0. The van der Waals surface area contributed by atoms with E-state index in [0.717, 1.165) is 18.2 Å². The minimum absolute atomic E-state index is 0.460. The van der Waals surface area contributed by atoms with Gasteiger partial charge in [0, 0.05) is 18.3 Å². The van der Waals surface area contributed by atoms with E-state index in [1.807, 2.05) is 0 Å². The highest BCUT2D eigenvalue weighted by Gasteiger charge is 2.60. The first-order valence-electron chi connectivity index (χ1n) is 7.59. The van der Waals surface area contributed by atoms with E-state index in [2.05, 4.69) is 56.2 Å². The zero-order chi connectivity index (χ0) is 13.7. The van der Waals surface area contributed by atoms with Crippen molar-refractivity contribution in [3.63, 3.8) is 0 Å². The number of nitrogens with one attached hydrogen (secondary N) is 1. The van der Waals surface area contributed by atoms with Crippen molar-refractivity contribution in [1.29, 1.82) is 0 Å². The molecule has 2 aliphatic rings. The molecule has 0 amide bonds. The molecule has 104 valence electrons. The van der Waals surface area contributed by atoms with E-state index in [4.69, 9.17) is 0 Å². The quantitative estimate of drug-likeness (QED) is 0.894. The van der Waals surface area contributed by atoms with Crippen molar-refractivity contribution < 1.29 is 0 Å². The van der Waals surface area contributed by atoms with Gasteiger partial charge in [0.05, 0.1) is 5.69 Å². The van der Waals surface area contributed by atoms with Crippen molar-refractivity contribution in [1.82, 2.24) is 10.3 Å². The van der Waals surface area contributed by atoms with Gasteiger partial charge in [0.2, 0.25) is 0 Å². The maximum absolute atomic E-state index is 4.59. The van der Waals surface area contributed by atoms with Gasteiger partial charge in [0.15, 0.2) is 0 Å². The number of hydrogen-bond donors (Lipinski definition) is 1. The fraction of sp³-hybridized carbons (Fsp3) is 0.706. The molecule has 2 aliphatic carbocycles. The Labute approximate surface area is 117 Å². The third kappa shape index (κ3) is 1.92. The Balaban J connectivity index is 1.69. The average molecular weight is 258 g/mol. The molecule has 0 aliphatic heterocycles. The zero-order valence-electron chi connectivity index (χ0n) is 12.7. The lowest BCUT2D eigenvalue weighted by Crippen LogP contribution is -2.44. The van der Waals surface area contributed by atoms with Crippen molar-refractivity contribution in [3.05, 3.63) is 29.6 Å². The lowest BCUT2D eigenvalue weighted by atomic mass is 9.69. The molecule has 0 spiro atoms. The molecule has 1 N–H and O–H groups in total. The second-order valence-electron chi connectivity index (χ2n) is 7.31. The summed E-state index contributed by atoms with van der Waals surface area (Å²) < 4.78 is 0. The molecule has 3 rings (SSSR count). The predicted molar refractivity (Wildman–Crippen MR) is 78.8 cm³/mol. The van der Waals surface area contributed by atoms with Crippen LogP contribution in [0.25, 0.3) is 0 Å². The lowest BCUT2D eigenvalue weighted by molar-refractivity contribution is 0.120. The lowest BCUT2D eigenvalue weighted by Gasteiger charge is -2.39. The average Bonchev–Trinajstić information content (AvgIpc) is 2.69. The summed E-state index contributed by atoms with van der Waals surface area (Å²) in [5, 5.41) is 3.79. The Hall–Kier alpha value is -0.890. The molecule has 2 heteroatoms. The van der Waals surface area contributed by atoms with E-state index in [1.165, 1.54) is 25.0 Å². The van der Waals surface area contributed by atoms with Crippen LogP contribution in [0, 0.1) is 23.7 Å². The fourth-order valence-corrected chi connectivity index (χ4v) is 4.44. The van der Waals surface area contributed by atoms with Crippen LogP contribution in [0.3, 0.4) is 0 Å². The summed E-state index contributed by atoms with van der Waals surface area (Å²) in [6, 6.07) is 6.95. The molecule has 19 heavy (non-hydrogen) atoms. The van der Waals surface area contributed by atoms with Crippen molar-refractivity contribution in [3.8, 4) is 0 Å². The topological polar surface area (TPSA) is 24.9 Å². The van der Waals surface area contributed by atoms with E-state index in [1.54, 1.807) is 0 Å². The number of fused-ring (bicyclic) bond motifs is 2. The van der Waals surface area contributed by atoms with E-state index in [0.29, 0.717) is 16.9 Å². The molecular weight excluding hydrogens is 232 g/mol. The van der Waals surface area contributed by atoms with E-state index >= 15 is 0 Å². The molecule has 0 saturated heterocycles. The van der Waals surface area contributed by atoms with Gasteiger partial charge in [0.25, 0.3) is 0 Å². The van der Waals surface area contributed by atoms with Gasteiger partial charge >= 0.3 is 0 Å². The van der Waals surface area contributed by atoms with Gasteiger partial charge in [-0.25, -0.2) is 0 Å². The second kappa shape index (κ2) is 4.31. The van der Waals surface area contributed by atoms with Gasteiger partial charge in [-0.3, -0.25) is 4.98 Å². The first-order chi connectivity index (χ1) is 8.93. The van der Waals surface area contributed by atoms with Crippen molar-refractivity contribution in [2.24, 2.45) is 16.7 Å². The van der Waals surface area contributed by atoms with Crippen molar-refractivity contribution in [2.45, 2.75) is 59.5 Å². The van der Waals surface area contributed by atoms with Crippen LogP contribution in [0.4, 0.5) is 0 Å². The van der Waals surface area contributed by atoms with Crippen LogP contribution in [-0.2, 0) is 6.54 Å². The van der Waals surface area contributed by atoms with Gasteiger partial charge in [0.1, 0.15) is 0 Å². The van der Waals surface area contributed by atoms with E-state index in [9.17, 15) is 0 Å². The van der Waals surface area contributed by atoms with Crippen molar-refractivity contribution in [2.75, 3.05) is 0 Å². The van der Waals surface area contributed by atoms with E-state index in [-0.39, 0.29) is 0 Å². The minimum atomic E-state index is 0.460. The SMILES string of the molecule is Cc1cccc(CNC2CC3CCC2(C)C3(C)C)n1. The zero-order valence-corrected chi connectivity index (χ0v) is 12.7. The molecule has 1 aromatic heterocycles. The number of nitrogens with zero attached hydrogens (tertiary/aromatic N) is 1. The van der Waals surface area contributed by atoms with Gasteiger partial charge < -0.3 is 5.32 Å². The van der Waals surface area contributed by atoms with Crippen molar-refractivity contribution >= 4 is 0 Å². The molecule has 0 aromatic carbocycles. The highest BCUT2D eigenvalue weighted by molar-refractivity contribution is 5.14. The molecule has 2 saturated carbocycles. The number of rotatable bonds is 3. The normalized spacial score (nSPS) is 35.8. The Morgan fingerprint density at radius 3 is 2.68 bits per heavy atom. The maximum Gasteiger partial charge on any atom is 0.0544 e. The standard InChI is InChI=1S/C17H26N2/c1-12-6-5-7-14(19-12)11-18-15-10-13-8-9-17(15,4)16(13,2)3/h5-7,13,15,18H,8-11H2,1-4H3. The molecule has 2 fully saturated rings. The molecule has 3 unspecified atom stereocenters. The fourth-order valence-electron chi connectivity index (χ4n) is 4.44. The third-order valence-corrected chi connectivity index (χ3v) is 6.27. The van der Waals surface area contributed by atoms with Crippen LogP contribution < -0.4 is 5.32 Å². The maximum atomic E-state index is 4.59. The predicted octanol–water partition coefficient (Wildman–Crippen LogP) is 3.69. The summed E-state index contributed by atoms with van der Waals surface area (Å²) in [5.74, 6) is 0.903. The smallest absolute Gasteiger partial charge is 0.0544 e. The van der Waals surface area contributed by atoms with Crippen LogP contribution in [0.5, 0.6) is 0 Å². The largest absolute Gasteiger partial charge is 0.308 e. The number of hydrogen-bond acceptors (Lipinski definition) is 2. The third-order valence-electron chi connectivity index (χ3n) is 6.27. The summed E-state index contributed by atoms with van der Waals surface area (Å²) in [7, 11) is 0. The summed E-state index contributed by atoms with van der Waals surface area (Å²) in [5.41, 5.74) is 3.23. The summed E-state index contributed by atoms with van der Waals surface area (Å²) in [6.07, 6.45) is 4.14. The Bertz CT molecular complexity index is 480. The minimum Gasteiger partial charge on any atom is -0.308 e. The number of pyridine rings is 1. The molecule has 3 atom stereocenters. The first kappa shape index (κ1) is 13.1. The monoisotopic (exact) mass is 258 g/mol. The molecule has 1 heterocycles. The Kier molecular flexibility index (Phi) is 2.97. The molecule has 1 aromatic rings.